The van der Waals surface area contributed by atoms with Crippen LogP contribution < -0.4 is 15.4 Å². The minimum absolute atomic E-state index is 0.152. The van der Waals surface area contributed by atoms with Gasteiger partial charge in [-0.15, -0.1) is 0 Å². The predicted molar refractivity (Wildman–Crippen MR) is 110 cm³/mol. The topological polar surface area (TPSA) is 112 Å². The number of hydrogen-bond donors (Lipinski definition) is 1. The smallest absolute Gasteiger partial charge is 0.293 e. The van der Waals surface area contributed by atoms with Crippen molar-refractivity contribution in [2.75, 3.05) is 36.0 Å². The van der Waals surface area contributed by atoms with Gasteiger partial charge in [-0.3, -0.25) is 19.7 Å². The number of aromatic amines is 1. The zero-order valence-corrected chi connectivity index (χ0v) is 16.1. The average Bonchev–Trinajstić information content (AvgIpc) is 2.73. The van der Waals surface area contributed by atoms with E-state index in [9.17, 15) is 24.1 Å². The molecule has 2 aromatic carbocycles. The van der Waals surface area contributed by atoms with Gasteiger partial charge in [-0.2, -0.15) is 0 Å². The minimum Gasteiger partial charge on any atom is -0.366 e. The molecule has 1 N–H and O–H groups in total. The number of nitrogens with one attached hydrogen (secondary N) is 1. The van der Waals surface area contributed by atoms with Crippen LogP contribution in [0.2, 0.25) is 0 Å². The Morgan fingerprint density at radius 3 is 2.40 bits per heavy atom. The molecule has 9 nitrogen and oxygen atoms in total. The van der Waals surface area contributed by atoms with Crippen molar-refractivity contribution in [1.82, 2.24) is 9.97 Å². The number of piperazine rings is 1. The third kappa shape index (κ3) is 3.47. The summed E-state index contributed by atoms with van der Waals surface area (Å²) in [5.41, 5.74) is 0.825. The molecule has 1 aromatic heterocycles. The Labute approximate surface area is 169 Å². The van der Waals surface area contributed by atoms with Crippen molar-refractivity contribution in [1.29, 1.82) is 0 Å². The van der Waals surface area contributed by atoms with E-state index >= 15 is 0 Å². The van der Waals surface area contributed by atoms with Crippen LogP contribution in [0.3, 0.4) is 0 Å². The molecule has 1 aliphatic heterocycles. The number of aromatic nitrogens is 2. The lowest BCUT2D eigenvalue weighted by atomic mass is 10.1. The molecule has 154 valence electrons. The Balaban J connectivity index is 1.61. The molecular weight excluding hydrogens is 393 g/mol. The summed E-state index contributed by atoms with van der Waals surface area (Å²) in [7, 11) is 0. The fourth-order valence-corrected chi connectivity index (χ4v) is 3.66. The number of H-pyrrole nitrogens is 1. The molecule has 1 saturated heterocycles. The van der Waals surface area contributed by atoms with E-state index in [1.54, 1.807) is 18.2 Å². The number of carbonyl (C=O) groups excluding carboxylic acids is 1. The second-order valence-electron chi connectivity index (χ2n) is 7.04. The molecular formula is C20H18FN5O4. The van der Waals surface area contributed by atoms with Crippen molar-refractivity contribution >= 4 is 33.7 Å². The molecule has 0 spiro atoms. The Hall–Kier alpha value is -3.82. The van der Waals surface area contributed by atoms with Crippen molar-refractivity contribution in [3.63, 3.8) is 0 Å². The number of benzene rings is 2. The van der Waals surface area contributed by atoms with Crippen LogP contribution in [0.25, 0.3) is 10.9 Å². The standard InChI is InChI=1S/C20H18FN5O4/c1-12(27)13-2-3-17(15(21)8-13)24-4-6-25(7-5-24)18-10-16-14(9-19(18)26(29)30)20(28)23-11-22-16/h2-3,8-11H,4-7H2,1H3,(H,22,23,28). The molecule has 0 atom stereocenters. The largest absolute Gasteiger partial charge is 0.366 e. The Kier molecular flexibility index (Phi) is 4.90. The van der Waals surface area contributed by atoms with Crippen LogP contribution in [-0.2, 0) is 0 Å². The van der Waals surface area contributed by atoms with Crippen molar-refractivity contribution < 1.29 is 14.1 Å². The first-order valence-corrected chi connectivity index (χ1v) is 9.31. The van der Waals surface area contributed by atoms with Gasteiger partial charge in [-0.25, -0.2) is 9.37 Å². The van der Waals surface area contributed by atoms with E-state index in [-0.39, 0.29) is 16.9 Å². The first-order valence-electron chi connectivity index (χ1n) is 9.31. The zero-order valence-electron chi connectivity index (χ0n) is 16.1. The molecule has 0 saturated carbocycles. The summed E-state index contributed by atoms with van der Waals surface area (Å²) in [6.45, 7) is 3.10. The highest BCUT2D eigenvalue weighted by atomic mass is 19.1. The predicted octanol–water partition coefficient (Wildman–Crippen LogP) is 2.50. The minimum atomic E-state index is -0.520. The molecule has 0 unspecified atom stereocenters. The number of fused-ring (bicyclic) bond motifs is 1. The number of nitro groups is 1. The van der Waals surface area contributed by atoms with Gasteiger partial charge in [0.25, 0.3) is 11.2 Å². The van der Waals surface area contributed by atoms with Crippen LogP contribution in [0.15, 0.2) is 41.5 Å². The molecule has 0 radical (unpaired) electrons. The first kappa shape index (κ1) is 19.5. The van der Waals surface area contributed by atoms with E-state index in [4.69, 9.17) is 0 Å². The summed E-state index contributed by atoms with van der Waals surface area (Å²) < 4.78 is 14.5. The van der Waals surface area contributed by atoms with Crippen molar-refractivity contribution in [3.05, 3.63) is 68.5 Å². The van der Waals surface area contributed by atoms with Crippen LogP contribution in [-0.4, -0.2) is 46.9 Å². The normalized spacial score (nSPS) is 14.2. The van der Waals surface area contributed by atoms with E-state index in [1.807, 2.05) is 9.80 Å². The molecule has 3 aromatic rings. The molecule has 0 amide bonds. The molecule has 30 heavy (non-hydrogen) atoms. The summed E-state index contributed by atoms with van der Waals surface area (Å²) in [6.07, 6.45) is 1.26. The number of rotatable bonds is 4. The summed E-state index contributed by atoms with van der Waals surface area (Å²) in [4.78, 5) is 44.6. The van der Waals surface area contributed by atoms with Crippen LogP contribution in [0, 0.1) is 15.9 Å². The summed E-state index contributed by atoms with van der Waals surface area (Å²) >= 11 is 0. The number of Topliss-reactive ketones (excluding diaryl/α,β-unsaturated/α-hetero) is 1. The van der Waals surface area contributed by atoms with Gasteiger partial charge >= 0.3 is 0 Å². The van der Waals surface area contributed by atoms with Crippen molar-refractivity contribution in [2.45, 2.75) is 6.92 Å². The second kappa shape index (κ2) is 7.54. The first-order chi connectivity index (χ1) is 14.3. The van der Waals surface area contributed by atoms with E-state index in [1.165, 1.54) is 25.4 Å². The molecule has 2 heterocycles. The molecule has 1 fully saturated rings. The van der Waals surface area contributed by atoms with Crippen LogP contribution in [0.4, 0.5) is 21.5 Å². The average molecular weight is 411 g/mol. The molecule has 0 aliphatic carbocycles. The van der Waals surface area contributed by atoms with Crippen LogP contribution in [0.1, 0.15) is 17.3 Å². The van der Waals surface area contributed by atoms with Gasteiger partial charge in [0.15, 0.2) is 5.78 Å². The van der Waals surface area contributed by atoms with Crippen molar-refractivity contribution in [3.8, 4) is 0 Å². The van der Waals surface area contributed by atoms with E-state index in [2.05, 4.69) is 9.97 Å². The molecule has 10 heteroatoms. The van der Waals surface area contributed by atoms with E-state index in [0.717, 1.165) is 0 Å². The lowest BCUT2D eigenvalue weighted by Gasteiger charge is -2.37. The van der Waals surface area contributed by atoms with E-state index in [0.29, 0.717) is 48.6 Å². The number of halogens is 1. The lowest BCUT2D eigenvalue weighted by molar-refractivity contribution is -0.384. The second-order valence-corrected chi connectivity index (χ2v) is 7.04. The summed E-state index contributed by atoms with van der Waals surface area (Å²) in [5, 5.41) is 11.7. The maximum absolute atomic E-state index is 14.5. The van der Waals surface area contributed by atoms with Gasteiger partial charge in [-0.05, 0) is 31.2 Å². The third-order valence-corrected chi connectivity index (χ3v) is 5.25. The zero-order chi connectivity index (χ0) is 21.4. The number of carbonyl (C=O) groups is 1. The van der Waals surface area contributed by atoms with Gasteiger partial charge in [0.05, 0.1) is 27.8 Å². The summed E-state index contributed by atoms with van der Waals surface area (Å²) in [5.74, 6) is -0.683. The summed E-state index contributed by atoms with van der Waals surface area (Å²) in [6, 6.07) is 7.17. The van der Waals surface area contributed by atoms with Gasteiger partial charge in [-0.1, -0.05) is 0 Å². The molecule has 4 rings (SSSR count). The van der Waals surface area contributed by atoms with Crippen molar-refractivity contribution in [2.24, 2.45) is 0 Å². The number of nitro benzene ring substituents is 1. The lowest BCUT2D eigenvalue weighted by Crippen LogP contribution is -2.47. The number of nitrogens with zero attached hydrogens (tertiary/aromatic N) is 4. The highest BCUT2D eigenvalue weighted by Gasteiger charge is 2.26. The van der Waals surface area contributed by atoms with Gasteiger partial charge < -0.3 is 14.8 Å². The fraction of sp³-hybridized carbons (Fsp3) is 0.250. The highest BCUT2D eigenvalue weighted by Crippen LogP contribution is 2.33. The SMILES string of the molecule is CC(=O)c1ccc(N2CCN(c3cc4nc[nH]c(=O)c4cc3[N+](=O)[O-])CC2)c(F)c1. The number of ketones is 1. The maximum Gasteiger partial charge on any atom is 0.293 e. The third-order valence-electron chi connectivity index (χ3n) is 5.25. The van der Waals surface area contributed by atoms with Gasteiger partial charge in [0, 0.05) is 37.8 Å². The van der Waals surface area contributed by atoms with Gasteiger partial charge in [0.1, 0.15) is 11.5 Å². The number of hydrogen-bond acceptors (Lipinski definition) is 7. The Morgan fingerprint density at radius 2 is 1.80 bits per heavy atom. The van der Waals surface area contributed by atoms with E-state index < -0.39 is 16.3 Å². The quantitative estimate of drug-likeness (QED) is 0.399. The fourth-order valence-electron chi connectivity index (χ4n) is 3.66. The monoisotopic (exact) mass is 411 g/mol. The van der Waals surface area contributed by atoms with Crippen LogP contribution in [0.5, 0.6) is 0 Å². The molecule has 0 bridgehead atoms. The van der Waals surface area contributed by atoms with Crippen LogP contribution >= 0.6 is 0 Å². The Morgan fingerprint density at radius 1 is 1.13 bits per heavy atom. The highest BCUT2D eigenvalue weighted by molar-refractivity contribution is 5.94. The van der Waals surface area contributed by atoms with Gasteiger partial charge in [0.2, 0.25) is 0 Å². The number of anilines is 2. The maximum atomic E-state index is 14.5. The Bertz CT molecular complexity index is 1220. The molecule has 1 aliphatic rings.